The Kier molecular flexibility index (Phi) is 4.68. The molecule has 4 nitrogen and oxygen atoms in total. The van der Waals surface area contributed by atoms with Gasteiger partial charge in [-0.3, -0.25) is 0 Å². The molecule has 0 amide bonds. The van der Waals surface area contributed by atoms with E-state index in [1.54, 1.807) is 11.8 Å². The average molecular weight is 261 g/mol. The first-order valence-electron chi connectivity index (χ1n) is 5.16. The fraction of sp³-hybridized carbons (Fsp3) is 0.600. The fourth-order valence-electron chi connectivity index (χ4n) is 1.11. The fourth-order valence-corrected chi connectivity index (χ4v) is 2.20. The number of nitrogen functional groups attached to an aromatic ring is 1. The van der Waals surface area contributed by atoms with Crippen molar-refractivity contribution >= 4 is 35.1 Å². The summed E-state index contributed by atoms with van der Waals surface area (Å²) < 4.78 is 0. The topological polar surface area (TPSA) is 63.8 Å². The van der Waals surface area contributed by atoms with E-state index in [-0.39, 0.29) is 6.04 Å². The van der Waals surface area contributed by atoms with Crippen LogP contribution < -0.4 is 11.1 Å². The Hall–Kier alpha value is -0.680. The molecule has 0 bridgehead atoms. The van der Waals surface area contributed by atoms with Gasteiger partial charge in [0.25, 0.3) is 0 Å². The maximum absolute atomic E-state index is 6.07. The standard InChI is InChI=1S/C10H17ClN4S/c1-5(2)13-10-14-8(11)7(9(12)15-10)16-6(3)4/h5-6H,1-4H3,(H3,12,13,14,15). The quantitative estimate of drug-likeness (QED) is 0.644. The third-order valence-corrected chi connectivity index (χ3v) is 3.12. The summed E-state index contributed by atoms with van der Waals surface area (Å²) in [5.74, 6) is 0.910. The zero-order chi connectivity index (χ0) is 12.3. The highest BCUT2D eigenvalue weighted by molar-refractivity contribution is 8.00. The summed E-state index contributed by atoms with van der Waals surface area (Å²) in [6, 6.07) is 0.249. The molecule has 1 aromatic heterocycles. The lowest BCUT2D eigenvalue weighted by molar-refractivity contribution is 0.872. The van der Waals surface area contributed by atoms with E-state index in [2.05, 4.69) is 29.1 Å². The largest absolute Gasteiger partial charge is 0.383 e. The molecule has 0 spiro atoms. The molecule has 3 N–H and O–H groups in total. The molecule has 16 heavy (non-hydrogen) atoms. The van der Waals surface area contributed by atoms with Crippen molar-refractivity contribution in [2.45, 2.75) is 43.9 Å². The molecule has 1 rings (SSSR count). The molecule has 0 radical (unpaired) electrons. The van der Waals surface area contributed by atoms with Crippen LogP contribution >= 0.6 is 23.4 Å². The SMILES string of the molecule is CC(C)Nc1nc(N)c(SC(C)C)c(Cl)n1. The molecular weight excluding hydrogens is 244 g/mol. The number of thioether (sulfide) groups is 1. The smallest absolute Gasteiger partial charge is 0.226 e. The third-order valence-electron chi connectivity index (χ3n) is 1.62. The molecule has 0 aromatic carbocycles. The van der Waals surface area contributed by atoms with Gasteiger partial charge in [0.1, 0.15) is 11.0 Å². The number of hydrogen-bond acceptors (Lipinski definition) is 5. The number of hydrogen-bond donors (Lipinski definition) is 2. The van der Waals surface area contributed by atoms with Crippen molar-refractivity contribution in [1.82, 2.24) is 9.97 Å². The monoisotopic (exact) mass is 260 g/mol. The lowest BCUT2D eigenvalue weighted by Crippen LogP contribution is -2.14. The first-order chi connectivity index (χ1) is 7.40. The van der Waals surface area contributed by atoms with Gasteiger partial charge in [0.2, 0.25) is 5.95 Å². The number of nitrogens with zero attached hydrogens (tertiary/aromatic N) is 2. The van der Waals surface area contributed by atoms with E-state index in [1.165, 1.54) is 0 Å². The Labute approximate surface area is 105 Å². The summed E-state index contributed by atoms with van der Waals surface area (Å²) in [7, 11) is 0. The Morgan fingerprint density at radius 3 is 2.31 bits per heavy atom. The average Bonchev–Trinajstić information content (AvgIpc) is 2.10. The molecule has 90 valence electrons. The van der Waals surface area contributed by atoms with Gasteiger partial charge in [-0.15, -0.1) is 11.8 Å². The summed E-state index contributed by atoms with van der Waals surface area (Å²) in [5, 5.41) is 3.88. The van der Waals surface area contributed by atoms with Crippen LogP contribution in [0.1, 0.15) is 27.7 Å². The second kappa shape index (κ2) is 5.59. The summed E-state index contributed by atoms with van der Waals surface area (Å²) >= 11 is 7.64. The highest BCUT2D eigenvalue weighted by Gasteiger charge is 2.13. The van der Waals surface area contributed by atoms with Gasteiger partial charge >= 0.3 is 0 Å². The van der Waals surface area contributed by atoms with E-state index in [4.69, 9.17) is 17.3 Å². The van der Waals surface area contributed by atoms with E-state index in [1.807, 2.05) is 13.8 Å². The van der Waals surface area contributed by atoms with Crippen LogP contribution in [0.15, 0.2) is 4.90 Å². The summed E-state index contributed by atoms with van der Waals surface area (Å²) in [4.78, 5) is 9.10. The van der Waals surface area contributed by atoms with Crippen LogP contribution in [0.25, 0.3) is 0 Å². The minimum atomic E-state index is 0.249. The molecule has 0 saturated carbocycles. The van der Waals surface area contributed by atoms with Crippen molar-refractivity contribution in [2.75, 3.05) is 11.1 Å². The van der Waals surface area contributed by atoms with Gasteiger partial charge in [-0.25, -0.2) is 0 Å². The first-order valence-corrected chi connectivity index (χ1v) is 6.42. The molecular formula is C10H17ClN4S. The number of rotatable bonds is 4. The summed E-state index contributed by atoms with van der Waals surface area (Å²) in [6.07, 6.45) is 0. The van der Waals surface area contributed by atoms with Crippen molar-refractivity contribution in [3.05, 3.63) is 5.15 Å². The predicted molar refractivity (Wildman–Crippen MR) is 71.2 cm³/mol. The molecule has 1 aromatic rings. The van der Waals surface area contributed by atoms with Crippen LogP contribution in [0.2, 0.25) is 5.15 Å². The van der Waals surface area contributed by atoms with Gasteiger partial charge in [0.05, 0.1) is 4.90 Å². The van der Waals surface area contributed by atoms with Gasteiger partial charge in [-0.1, -0.05) is 25.4 Å². The van der Waals surface area contributed by atoms with Crippen molar-refractivity contribution in [3.63, 3.8) is 0 Å². The van der Waals surface area contributed by atoms with Gasteiger partial charge in [-0.05, 0) is 13.8 Å². The van der Waals surface area contributed by atoms with Crippen LogP contribution in [-0.4, -0.2) is 21.3 Å². The van der Waals surface area contributed by atoms with Crippen molar-refractivity contribution in [2.24, 2.45) is 0 Å². The highest BCUT2D eigenvalue weighted by atomic mass is 35.5. The van der Waals surface area contributed by atoms with E-state index < -0.39 is 0 Å². The van der Waals surface area contributed by atoms with Gasteiger partial charge < -0.3 is 11.1 Å². The second-order valence-electron chi connectivity index (χ2n) is 4.02. The van der Waals surface area contributed by atoms with Crippen LogP contribution in [0.4, 0.5) is 11.8 Å². The number of anilines is 2. The van der Waals surface area contributed by atoms with Crippen LogP contribution in [-0.2, 0) is 0 Å². The Bertz CT molecular complexity index is 345. The molecule has 6 heteroatoms. The lowest BCUT2D eigenvalue weighted by atomic mass is 10.4. The molecule has 1 heterocycles. The van der Waals surface area contributed by atoms with Crippen LogP contribution in [0.5, 0.6) is 0 Å². The van der Waals surface area contributed by atoms with E-state index in [0.29, 0.717) is 22.2 Å². The van der Waals surface area contributed by atoms with E-state index in [0.717, 1.165) is 4.90 Å². The molecule has 0 fully saturated rings. The third kappa shape index (κ3) is 3.72. The molecule has 0 atom stereocenters. The van der Waals surface area contributed by atoms with E-state index >= 15 is 0 Å². The van der Waals surface area contributed by atoms with E-state index in [9.17, 15) is 0 Å². The van der Waals surface area contributed by atoms with Crippen LogP contribution in [0.3, 0.4) is 0 Å². The van der Waals surface area contributed by atoms with Crippen molar-refractivity contribution in [3.8, 4) is 0 Å². The molecule has 0 saturated heterocycles. The van der Waals surface area contributed by atoms with Gasteiger partial charge in [0.15, 0.2) is 0 Å². The number of halogens is 1. The zero-order valence-corrected chi connectivity index (χ0v) is 11.5. The second-order valence-corrected chi connectivity index (χ2v) is 5.96. The summed E-state index contributed by atoms with van der Waals surface area (Å²) in [6.45, 7) is 8.15. The van der Waals surface area contributed by atoms with Crippen molar-refractivity contribution in [1.29, 1.82) is 0 Å². The molecule has 0 aliphatic carbocycles. The minimum absolute atomic E-state index is 0.249. The lowest BCUT2D eigenvalue weighted by Gasteiger charge is -2.12. The van der Waals surface area contributed by atoms with Gasteiger partial charge in [0, 0.05) is 11.3 Å². The molecule has 0 aliphatic rings. The van der Waals surface area contributed by atoms with Crippen LogP contribution in [0, 0.1) is 0 Å². The number of nitrogens with two attached hydrogens (primary N) is 1. The minimum Gasteiger partial charge on any atom is -0.383 e. The number of aromatic nitrogens is 2. The van der Waals surface area contributed by atoms with Gasteiger partial charge in [-0.2, -0.15) is 9.97 Å². The Balaban J connectivity index is 2.98. The maximum Gasteiger partial charge on any atom is 0.226 e. The summed E-state index contributed by atoms with van der Waals surface area (Å²) in [5.41, 5.74) is 5.85. The normalized spacial score (nSPS) is 11.2. The van der Waals surface area contributed by atoms with Crippen molar-refractivity contribution < 1.29 is 0 Å². The highest BCUT2D eigenvalue weighted by Crippen LogP contribution is 2.33. The maximum atomic E-state index is 6.07. The zero-order valence-electron chi connectivity index (χ0n) is 9.91. The first kappa shape index (κ1) is 13.4. The molecule has 0 aliphatic heterocycles. The Morgan fingerprint density at radius 2 is 1.88 bits per heavy atom. The molecule has 0 unspecified atom stereocenters. The number of nitrogens with one attached hydrogen (secondary N) is 1. The Morgan fingerprint density at radius 1 is 1.25 bits per heavy atom. The predicted octanol–water partition coefficient (Wildman–Crippen LogP) is 3.03.